The number of aliphatic hydroxyl groups is 1. The molecule has 8 heteroatoms. The van der Waals surface area contributed by atoms with Crippen LogP contribution in [0.1, 0.15) is 0 Å². The van der Waals surface area contributed by atoms with Crippen LogP contribution in [0.4, 0.5) is 11.5 Å². The van der Waals surface area contributed by atoms with Gasteiger partial charge in [-0.3, -0.25) is 0 Å². The number of rotatable bonds is 7. The Kier molecular flexibility index (Phi) is 4.51. The summed E-state index contributed by atoms with van der Waals surface area (Å²) in [6.07, 6.45) is 1.34. The molecule has 1 aromatic heterocycles. The second kappa shape index (κ2) is 5.94. The third-order valence-electron chi connectivity index (χ3n) is 1.60. The highest BCUT2D eigenvalue weighted by atomic mass is 16.6. The number of nitro groups is 1. The molecule has 0 spiro atoms. The first-order valence-corrected chi connectivity index (χ1v) is 4.36. The minimum atomic E-state index is -0.552. The summed E-state index contributed by atoms with van der Waals surface area (Å²) in [5.41, 5.74) is 0.326. The van der Waals surface area contributed by atoms with Gasteiger partial charge in [0.1, 0.15) is 6.20 Å². The van der Waals surface area contributed by atoms with Gasteiger partial charge in [0.2, 0.25) is 0 Å². The molecule has 0 aliphatic rings. The van der Waals surface area contributed by atoms with Crippen LogP contribution in [-0.2, 0) is 4.74 Å². The summed E-state index contributed by atoms with van der Waals surface area (Å²) in [6, 6.07) is 0. The number of anilines is 1. The molecule has 0 aliphatic carbocycles. The van der Waals surface area contributed by atoms with Gasteiger partial charge in [-0.15, -0.1) is 5.10 Å². The predicted molar refractivity (Wildman–Crippen MR) is 51.6 cm³/mol. The van der Waals surface area contributed by atoms with Crippen molar-refractivity contribution in [2.24, 2.45) is 0 Å². The molecular formula is C7H12N4O4. The van der Waals surface area contributed by atoms with Gasteiger partial charge in [0.25, 0.3) is 0 Å². The van der Waals surface area contributed by atoms with E-state index >= 15 is 0 Å². The number of aromatic amines is 1. The molecule has 8 nitrogen and oxygen atoms in total. The summed E-state index contributed by atoms with van der Waals surface area (Å²) in [7, 11) is 0. The smallest absolute Gasteiger partial charge is 0.366 e. The van der Waals surface area contributed by atoms with E-state index in [0.29, 0.717) is 18.8 Å². The largest absolute Gasteiger partial charge is 0.394 e. The SMILES string of the molecule is O=[N+]([O-])c1[nH]ncc1NCCOCCO. The number of H-pyrrole nitrogens is 1. The third-order valence-corrected chi connectivity index (χ3v) is 1.60. The van der Waals surface area contributed by atoms with Crippen LogP contribution in [-0.4, -0.2) is 46.6 Å². The number of aromatic nitrogens is 2. The molecular weight excluding hydrogens is 204 g/mol. The average molecular weight is 216 g/mol. The van der Waals surface area contributed by atoms with Crippen molar-refractivity contribution >= 4 is 11.5 Å². The normalized spacial score (nSPS) is 10.2. The van der Waals surface area contributed by atoms with Gasteiger partial charge in [0, 0.05) is 6.54 Å². The second-order valence-electron chi connectivity index (χ2n) is 2.65. The molecule has 1 aromatic rings. The van der Waals surface area contributed by atoms with E-state index in [1.807, 2.05) is 0 Å². The van der Waals surface area contributed by atoms with Crippen molar-refractivity contribution in [1.82, 2.24) is 10.2 Å². The van der Waals surface area contributed by atoms with E-state index in [1.54, 1.807) is 0 Å². The number of nitrogens with one attached hydrogen (secondary N) is 2. The van der Waals surface area contributed by atoms with Gasteiger partial charge in [-0.1, -0.05) is 5.10 Å². The predicted octanol–water partition coefficient (Wildman–Crippen LogP) is -0.261. The highest BCUT2D eigenvalue weighted by Gasteiger charge is 2.13. The Hall–Kier alpha value is -1.67. The lowest BCUT2D eigenvalue weighted by molar-refractivity contribution is -0.388. The summed E-state index contributed by atoms with van der Waals surface area (Å²) in [5.74, 6) is -0.169. The first-order valence-electron chi connectivity index (χ1n) is 4.36. The Balaban J connectivity index is 2.31. The van der Waals surface area contributed by atoms with Crippen molar-refractivity contribution in [3.05, 3.63) is 16.3 Å². The van der Waals surface area contributed by atoms with Crippen LogP contribution in [0, 0.1) is 10.1 Å². The molecule has 0 aromatic carbocycles. The van der Waals surface area contributed by atoms with E-state index in [9.17, 15) is 10.1 Å². The van der Waals surface area contributed by atoms with E-state index in [1.165, 1.54) is 6.20 Å². The van der Waals surface area contributed by atoms with Crippen LogP contribution < -0.4 is 5.32 Å². The lowest BCUT2D eigenvalue weighted by Gasteiger charge is -2.03. The lowest BCUT2D eigenvalue weighted by atomic mass is 10.5. The Morgan fingerprint density at radius 2 is 2.47 bits per heavy atom. The highest BCUT2D eigenvalue weighted by Crippen LogP contribution is 2.18. The topological polar surface area (TPSA) is 113 Å². The van der Waals surface area contributed by atoms with Gasteiger partial charge < -0.3 is 25.3 Å². The Bertz CT molecular complexity index is 314. The molecule has 0 amide bonds. The standard InChI is InChI=1S/C7H12N4O4/c12-2-4-15-3-1-8-6-5-9-10-7(6)11(13)14/h5,8,12H,1-4H2,(H,9,10). The van der Waals surface area contributed by atoms with E-state index in [0.717, 1.165) is 0 Å². The maximum absolute atomic E-state index is 10.4. The minimum Gasteiger partial charge on any atom is -0.394 e. The molecule has 0 fully saturated rings. The van der Waals surface area contributed by atoms with Crippen LogP contribution in [0.3, 0.4) is 0 Å². The summed E-state index contributed by atoms with van der Waals surface area (Å²) < 4.78 is 4.97. The fourth-order valence-corrected chi connectivity index (χ4v) is 0.972. The Morgan fingerprint density at radius 3 is 3.13 bits per heavy atom. The van der Waals surface area contributed by atoms with Crippen molar-refractivity contribution < 1.29 is 14.8 Å². The lowest BCUT2D eigenvalue weighted by Crippen LogP contribution is -2.11. The number of hydrogen-bond donors (Lipinski definition) is 3. The van der Waals surface area contributed by atoms with Crippen LogP contribution in [0.2, 0.25) is 0 Å². The fraction of sp³-hybridized carbons (Fsp3) is 0.571. The van der Waals surface area contributed by atoms with Crippen LogP contribution >= 0.6 is 0 Å². The number of ether oxygens (including phenoxy) is 1. The molecule has 0 saturated carbocycles. The zero-order valence-electron chi connectivity index (χ0n) is 7.97. The maximum Gasteiger partial charge on any atom is 0.366 e. The van der Waals surface area contributed by atoms with E-state index in [4.69, 9.17) is 9.84 Å². The molecule has 84 valence electrons. The van der Waals surface area contributed by atoms with E-state index in [-0.39, 0.29) is 19.0 Å². The third kappa shape index (κ3) is 3.52. The summed E-state index contributed by atoms with van der Waals surface area (Å²) in [4.78, 5) is 9.90. The number of hydrogen-bond acceptors (Lipinski definition) is 6. The number of nitrogens with zero attached hydrogens (tertiary/aromatic N) is 2. The first kappa shape index (κ1) is 11.4. The van der Waals surface area contributed by atoms with Crippen molar-refractivity contribution in [3.8, 4) is 0 Å². The Labute approximate surface area is 85.4 Å². The van der Waals surface area contributed by atoms with Crippen LogP contribution in [0.5, 0.6) is 0 Å². The number of aliphatic hydroxyl groups excluding tert-OH is 1. The van der Waals surface area contributed by atoms with E-state index < -0.39 is 4.92 Å². The zero-order valence-corrected chi connectivity index (χ0v) is 7.97. The molecule has 3 N–H and O–H groups in total. The molecule has 1 rings (SSSR count). The van der Waals surface area contributed by atoms with Gasteiger partial charge in [-0.25, -0.2) is 0 Å². The second-order valence-corrected chi connectivity index (χ2v) is 2.65. The molecule has 1 heterocycles. The molecule has 0 bridgehead atoms. The highest BCUT2D eigenvalue weighted by molar-refractivity contribution is 5.55. The van der Waals surface area contributed by atoms with Gasteiger partial charge in [-0.05, 0) is 4.92 Å². The molecule has 0 aliphatic heterocycles. The fourth-order valence-electron chi connectivity index (χ4n) is 0.972. The van der Waals surface area contributed by atoms with Crippen molar-refractivity contribution in [3.63, 3.8) is 0 Å². The van der Waals surface area contributed by atoms with Crippen LogP contribution in [0.15, 0.2) is 6.20 Å². The van der Waals surface area contributed by atoms with Gasteiger partial charge in [0.15, 0.2) is 5.69 Å². The van der Waals surface area contributed by atoms with Crippen LogP contribution in [0.25, 0.3) is 0 Å². The first-order chi connectivity index (χ1) is 7.25. The quantitative estimate of drug-likeness (QED) is 0.328. The minimum absolute atomic E-state index is 0.0359. The molecule has 0 atom stereocenters. The summed E-state index contributed by atoms with van der Waals surface area (Å²) in [5, 5.41) is 27.5. The zero-order chi connectivity index (χ0) is 11.1. The summed E-state index contributed by atoms with van der Waals surface area (Å²) in [6.45, 7) is 1.00. The van der Waals surface area contributed by atoms with Gasteiger partial charge in [-0.2, -0.15) is 0 Å². The molecule has 0 radical (unpaired) electrons. The van der Waals surface area contributed by atoms with Gasteiger partial charge >= 0.3 is 5.82 Å². The molecule has 15 heavy (non-hydrogen) atoms. The van der Waals surface area contributed by atoms with Crippen molar-refractivity contribution in [1.29, 1.82) is 0 Å². The summed E-state index contributed by atoms with van der Waals surface area (Å²) >= 11 is 0. The van der Waals surface area contributed by atoms with Crippen molar-refractivity contribution in [2.75, 3.05) is 31.7 Å². The average Bonchev–Trinajstić information content (AvgIpc) is 2.66. The molecule has 0 saturated heterocycles. The van der Waals surface area contributed by atoms with E-state index in [2.05, 4.69) is 15.5 Å². The Morgan fingerprint density at radius 1 is 1.67 bits per heavy atom. The maximum atomic E-state index is 10.4. The van der Waals surface area contributed by atoms with Crippen molar-refractivity contribution in [2.45, 2.75) is 0 Å². The molecule has 0 unspecified atom stereocenters. The van der Waals surface area contributed by atoms with Gasteiger partial charge in [0.05, 0.1) is 19.8 Å². The monoisotopic (exact) mass is 216 g/mol.